The fourth-order valence-electron chi connectivity index (χ4n) is 0.876. The predicted molar refractivity (Wildman–Crippen MR) is 58.0 cm³/mol. The third kappa shape index (κ3) is 6.22. The molecular formula is C9H17NO4S. The number of carboxylic acid groups (broad SMARTS) is 1. The molecule has 0 radical (unpaired) electrons. The van der Waals surface area contributed by atoms with Crippen LogP contribution in [0.2, 0.25) is 0 Å². The Kier molecular flexibility index (Phi) is 6.94. The topological polar surface area (TPSA) is 83.5 Å². The summed E-state index contributed by atoms with van der Waals surface area (Å²) in [6.07, 6.45) is 0.651. The molecule has 0 aromatic carbocycles. The molecule has 0 heterocycles. The summed E-state index contributed by atoms with van der Waals surface area (Å²) in [5.74, 6) is -1.25. The summed E-state index contributed by atoms with van der Waals surface area (Å²) in [5, 5.41) is 10.4. The Morgan fingerprint density at radius 2 is 2.07 bits per heavy atom. The van der Waals surface area contributed by atoms with Gasteiger partial charge in [0.25, 0.3) is 0 Å². The minimum Gasteiger partial charge on any atom is -0.481 e. The van der Waals surface area contributed by atoms with E-state index >= 15 is 0 Å². The second-order valence-electron chi connectivity index (χ2n) is 3.16. The molecule has 0 fully saturated rings. The van der Waals surface area contributed by atoms with E-state index in [2.05, 4.69) is 5.32 Å². The van der Waals surface area contributed by atoms with Crippen LogP contribution in [0.1, 0.15) is 26.7 Å². The van der Waals surface area contributed by atoms with Gasteiger partial charge in [-0.3, -0.25) is 13.8 Å². The van der Waals surface area contributed by atoms with Crippen LogP contribution in [0.15, 0.2) is 0 Å². The molecule has 0 bridgehead atoms. The molecule has 5 nitrogen and oxygen atoms in total. The fourth-order valence-corrected chi connectivity index (χ4v) is 1.93. The minimum absolute atomic E-state index is 0.0239. The quantitative estimate of drug-likeness (QED) is 0.656. The van der Waals surface area contributed by atoms with Gasteiger partial charge < -0.3 is 10.4 Å². The van der Waals surface area contributed by atoms with E-state index in [9.17, 15) is 13.8 Å². The number of nitrogens with one attached hydrogen (secondary N) is 1. The lowest BCUT2D eigenvalue weighted by molar-refractivity contribution is -0.136. The van der Waals surface area contributed by atoms with Crippen molar-refractivity contribution in [3.63, 3.8) is 0 Å². The SMILES string of the molecule is CCCNC(=O)C(C)S(=O)CCC(=O)O. The summed E-state index contributed by atoms with van der Waals surface area (Å²) in [6, 6.07) is 0. The summed E-state index contributed by atoms with van der Waals surface area (Å²) in [6.45, 7) is 4.02. The van der Waals surface area contributed by atoms with Crippen molar-refractivity contribution in [2.24, 2.45) is 0 Å². The number of amides is 1. The van der Waals surface area contributed by atoms with Crippen molar-refractivity contribution in [1.82, 2.24) is 5.32 Å². The number of hydrogen-bond donors (Lipinski definition) is 2. The number of carboxylic acids is 1. The highest BCUT2D eigenvalue weighted by Crippen LogP contribution is 1.99. The zero-order valence-corrected chi connectivity index (χ0v) is 9.80. The monoisotopic (exact) mass is 235 g/mol. The molecule has 0 aliphatic carbocycles. The minimum atomic E-state index is -1.41. The Labute approximate surface area is 91.7 Å². The molecule has 88 valence electrons. The largest absolute Gasteiger partial charge is 0.481 e. The van der Waals surface area contributed by atoms with E-state index in [-0.39, 0.29) is 18.1 Å². The van der Waals surface area contributed by atoms with Gasteiger partial charge >= 0.3 is 5.97 Å². The molecule has 2 atom stereocenters. The van der Waals surface area contributed by atoms with Gasteiger partial charge in [-0.05, 0) is 13.3 Å². The van der Waals surface area contributed by atoms with Crippen LogP contribution < -0.4 is 5.32 Å². The van der Waals surface area contributed by atoms with Crippen LogP contribution in [0, 0.1) is 0 Å². The van der Waals surface area contributed by atoms with Crippen LogP contribution in [-0.4, -0.2) is 38.7 Å². The van der Waals surface area contributed by atoms with E-state index in [0.717, 1.165) is 6.42 Å². The standard InChI is InChI=1S/C9H17NO4S/c1-3-5-10-9(13)7(2)15(14)6-4-8(11)12/h7H,3-6H2,1-2H3,(H,10,13)(H,11,12). The van der Waals surface area contributed by atoms with Gasteiger partial charge in [-0.2, -0.15) is 0 Å². The van der Waals surface area contributed by atoms with Crippen molar-refractivity contribution in [2.75, 3.05) is 12.3 Å². The first-order valence-corrected chi connectivity index (χ1v) is 6.24. The van der Waals surface area contributed by atoms with Gasteiger partial charge in [0, 0.05) is 23.1 Å². The summed E-state index contributed by atoms with van der Waals surface area (Å²) in [4.78, 5) is 21.6. The lowest BCUT2D eigenvalue weighted by atomic mass is 10.4. The highest BCUT2D eigenvalue weighted by Gasteiger charge is 2.19. The maximum absolute atomic E-state index is 11.4. The number of carbonyl (C=O) groups is 2. The van der Waals surface area contributed by atoms with Crippen molar-refractivity contribution in [1.29, 1.82) is 0 Å². The summed E-state index contributed by atoms with van der Waals surface area (Å²) in [7, 11) is -1.41. The molecule has 6 heteroatoms. The molecule has 2 N–H and O–H groups in total. The van der Waals surface area contributed by atoms with Crippen molar-refractivity contribution in [2.45, 2.75) is 31.9 Å². The third-order valence-electron chi connectivity index (χ3n) is 1.83. The van der Waals surface area contributed by atoms with Crippen LogP contribution >= 0.6 is 0 Å². The number of carbonyl (C=O) groups excluding carboxylic acids is 1. The van der Waals surface area contributed by atoms with E-state index < -0.39 is 22.0 Å². The third-order valence-corrected chi connectivity index (χ3v) is 3.44. The van der Waals surface area contributed by atoms with Gasteiger partial charge in [0.15, 0.2) is 0 Å². The number of rotatable bonds is 7. The molecule has 2 unspecified atom stereocenters. The first kappa shape index (κ1) is 14.1. The fraction of sp³-hybridized carbons (Fsp3) is 0.778. The number of aliphatic carboxylic acids is 1. The van der Waals surface area contributed by atoms with Gasteiger partial charge in [0.2, 0.25) is 5.91 Å². The zero-order chi connectivity index (χ0) is 11.8. The highest BCUT2D eigenvalue weighted by molar-refractivity contribution is 7.86. The van der Waals surface area contributed by atoms with Crippen LogP contribution in [0.5, 0.6) is 0 Å². The Morgan fingerprint density at radius 1 is 1.47 bits per heavy atom. The molecule has 0 aliphatic rings. The number of hydrogen-bond acceptors (Lipinski definition) is 3. The lowest BCUT2D eigenvalue weighted by Gasteiger charge is -2.10. The van der Waals surface area contributed by atoms with E-state index in [4.69, 9.17) is 5.11 Å². The molecule has 0 saturated heterocycles. The van der Waals surface area contributed by atoms with Crippen molar-refractivity contribution in [3.8, 4) is 0 Å². The van der Waals surface area contributed by atoms with Crippen molar-refractivity contribution < 1.29 is 18.9 Å². The Morgan fingerprint density at radius 3 is 2.53 bits per heavy atom. The van der Waals surface area contributed by atoms with Crippen LogP contribution in [0.3, 0.4) is 0 Å². The molecule has 15 heavy (non-hydrogen) atoms. The lowest BCUT2D eigenvalue weighted by Crippen LogP contribution is -2.36. The molecule has 0 aromatic rings. The Balaban J connectivity index is 3.96. The summed E-state index contributed by atoms with van der Waals surface area (Å²) in [5.41, 5.74) is 0. The van der Waals surface area contributed by atoms with Gasteiger partial charge in [0.05, 0.1) is 6.42 Å². The molecule has 0 saturated carbocycles. The predicted octanol–water partition coefficient (Wildman–Crippen LogP) is 0.124. The maximum atomic E-state index is 11.4. The van der Waals surface area contributed by atoms with Crippen molar-refractivity contribution >= 4 is 22.7 Å². The summed E-state index contributed by atoms with van der Waals surface area (Å²) >= 11 is 0. The maximum Gasteiger partial charge on any atom is 0.304 e. The molecular weight excluding hydrogens is 218 g/mol. The van der Waals surface area contributed by atoms with Crippen LogP contribution in [-0.2, 0) is 20.4 Å². The van der Waals surface area contributed by atoms with Gasteiger partial charge in [-0.1, -0.05) is 6.92 Å². The zero-order valence-electron chi connectivity index (χ0n) is 8.99. The second kappa shape index (κ2) is 7.39. The Hall–Kier alpha value is -0.910. The van der Waals surface area contributed by atoms with Gasteiger partial charge in [0.1, 0.15) is 5.25 Å². The average Bonchev–Trinajstić information content (AvgIpc) is 2.21. The first-order valence-electron chi connectivity index (χ1n) is 4.85. The second-order valence-corrected chi connectivity index (χ2v) is 5.04. The smallest absolute Gasteiger partial charge is 0.304 e. The molecule has 1 amide bonds. The summed E-state index contributed by atoms with van der Waals surface area (Å²) < 4.78 is 11.4. The van der Waals surface area contributed by atoms with Crippen LogP contribution in [0.25, 0.3) is 0 Å². The average molecular weight is 235 g/mol. The van der Waals surface area contributed by atoms with E-state index in [1.165, 1.54) is 0 Å². The first-order chi connectivity index (χ1) is 6.99. The van der Waals surface area contributed by atoms with Gasteiger partial charge in [-0.25, -0.2) is 0 Å². The molecule has 0 spiro atoms. The van der Waals surface area contributed by atoms with Crippen molar-refractivity contribution in [3.05, 3.63) is 0 Å². The van der Waals surface area contributed by atoms with E-state index in [1.54, 1.807) is 6.92 Å². The Bertz CT molecular complexity index is 254. The highest BCUT2D eigenvalue weighted by atomic mass is 32.2. The normalized spacial score (nSPS) is 14.3. The van der Waals surface area contributed by atoms with E-state index in [1.807, 2.05) is 6.92 Å². The molecule has 0 aromatic heterocycles. The molecule has 0 aliphatic heterocycles. The van der Waals surface area contributed by atoms with Gasteiger partial charge in [-0.15, -0.1) is 0 Å². The van der Waals surface area contributed by atoms with E-state index in [0.29, 0.717) is 6.54 Å². The molecule has 0 rings (SSSR count). The van der Waals surface area contributed by atoms with Crippen LogP contribution in [0.4, 0.5) is 0 Å².